The maximum Gasteiger partial charge on any atom is 0.407 e. The lowest BCUT2D eigenvalue weighted by Crippen LogP contribution is -2.38. The number of carbonyl (C=O) groups excluding carboxylic acids is 2. The molecule has 3 N–H and O–H groups in total. The first-order chi connectivity index (χ1) is 17.0. The summed E-state index contributed by atoms with van der Waals surface area (Å²) in [5.74, 6) is -1.22. The largest absolute Gasteiger partial charge is 0.481 e. The normalized spacial score (nSPS) is 21.6. The highest BCUT2D eigenvalue weighted by atomic mass is 16.5. The van der Waals surface area contributed by atoms with Gasteiger partial charge in [0.1, 0.15) is 6.61 Å². The van der Waals surface area contributed by atoms with E-state index in [2.05, 4.69) is 34.9 Å². The van der Waals surface area contributed by atoms with Crippen LogP contribution in [0.3, 0.4) is 0 Å². The second-order valence-corrected chi connectivity index (χ2v) is 10.1. The lowest BCUT2D eigenvalue weighted by Gasteiger charge is -2.17. The second kappa shape index (κ2) is 10.1. The molecular formula is C28H32N2O5. The van der Waals surface area contributed by atoms with Crippen LogP contribution in [-0.2, 0) is 14.3 Å². The first-order valence-electron chi connectivity index (χ1n) is 12.6. The first kappa shape index (κ1) is 23.4. The van der Waals surface area contributed by atoms with Gasteiger partial charge in [-0.25, -0.2) is 4.79 Å². The minimum Gasteiger partial charge on any atom is -0.481 e. The summed E-state index contributed by atoms with van der Waals surface area (Å²) in [5.41, 5.74) is 4.70. The van der Waals surface area contributed by atoms with E-state index in [9.17, 15) is 19.5 Å². The van der Waals surface area contributed by atoms with E-state index >= 15 is 0 Å². The van der Waals surface area contributed by atoms with Crippen molar-refractivity contribution in [1.82, 2.24) is 10.6 Å². The summed E-state index contributed by atoms with van der Waals surface area (Å²) in [7, 11) is 0. The van der Waals surface area contributed by atoms with Crippen molar-refractivity contribution in [2.45, 2.75) is 50.5 Å². The van der Waals surface area contributed by atoms with Crippen molar-refractivity contribution in [3.05, 3.63) is 59.7 Å². The van der Waals surface area contributed by atoms with Gasteiger partial charge in [0.25, 0.3) is 0 Å². The van der Waals surface area contributed by atoms with Gasteiger partial charge in [0, 0.05) is 24.4 Å². The molecule has 0 heterocycles. The van der Waals surface area contributed by atoms with E-state index in [1.54, 1.807) is 0 Å². The standard InChI is InChI=1S/C28H32N2O5/c31-26(29-15-19(27(32)33)13-17-9-10-17)18-11-12-20(14-18)30-28(34)35-16-25-23-7-3-1-5-21(23)22-6-2-4-8-24(22)25/h1-8,17-20,25H,9-16H2,(H,29,31)(H,30,34)(H,32,33)/t18-,19?,20+/m1/s1. The Labute approximate surface area is 205 Å². The quantitative estimate of drug-likeness (QED) is 0.500. The van der Waals surface area contributed by atoms with Gasteiger partial charge < -0.3 is 20.5 Å². The number of ether oxygens (including phenoxy) is 1. The number of hydrogen-bond donors (Lipinski definition) is 3. The number of carboxylic acid groups (broad SMARTS) is 1. The molecule has 2 aromatic rings. The predicted octanol–water partition coefficient (Wildman–Crippen LogP) is 4.31. The Morgan fingerprint density at radius 1 is 0.943 bits per heavy atom. The molecule has 2 saturated carbocycles. The molecule has 0 radical (unpaired) electrons. The highest BCUT2D eigenvalue weighted by Gasteiger charge is 2.34. The summed E-state index contributed by atoms with van der Waals surface area (Å²) in [4.78, 5) is 36.6. The van der Waals surface area contributed by atoms with E-state index in [1.165, 1.54) is 22.3 Å². The lowest BCUT2D eigenvalue weighted by molar-refractivity contribution is -0.142. The fourth-order valence-electron chi connectivity index (χ4n) is 5.55. The molecule has 5 rings (SSSR count). The van der Waals surface area contributed by atoms with Crippen molar-refractivity contribution >= 4 is 18.0 Å². The smallest absolute Gasteiger partial charge is 0.407 e. The number of benzene rings is 2. The molecule has 0 aliphatic heterocycles. The summed E-state index contributed by atoms with van der Waals surface area (Å²) < 4.78 is 5.63. The number of rotatable bonds is 9. The number of nitrogens with one attached hydrogen (secondary N) is 2. The van der Waals surface area contributed by atoms with Gasteiger partial charge in [-0.15, -0.1) is 0 Å². The number of hydrogen-bond acceptors (Lipinski definition) is 4. The number of aliphatic carboxylic acids is 1. The molecule has 7 heteroatoms. The van der Waals surface area contributed by atoms with Crippen LogP contribution in [0.25, 0.3) is 11.1 Å². The Hall–Kier alpha value is -3.35. The second-order valence-electron chi connectivity index (χ2n) is 10.1. The molecule has 2 fully saturated rings. The highest BCUT2D eigenvalue weighted by molar-refractivity contribution is 5.80. The minimum atomic E-state index is -0.849. The fraction of sp³-hybridized carbons (Fsp3) is 0.464. The Morgan fingerprint density at radius 3 is 2.23 bits per heavy atom. The third-order valence-corrected chi connectivity index (χ3v) is 7.66. The molecule has 3 aliphatic carbocycles. The Kier molecular flexibility index (Phi) is 6.75. The molecule has 2 aromatic carbocycles. The summed E-state index contributed by atoms with van der Waals surface area (Å²) in [6.07, 6.45) is 4.25. The van der Waals surface area contributed by atoms with Gasteiger partial charge in [0.05, 0.1) is 5.92 Å². The molecule has 7 nitrogen and oxygen atoms in total. The van der Waals surface area contributed by atoms with Gasteiger partial charge in [-0.1, -0.05) is 61.4 Å². The van der Waals surface area contributed by atoms with Crippen LogP contribution < -0.4 is 10.6 Å². The first-order valence-corrected chi connectivity index (χ1v) is 12.6. The van der Waals surface area contributed by atoms with Crippen molar-refractivity contribution in [3.63, 3.8) is 0 Å². The van der Waals surface area contributed by atoms with Crippen LogP contribution in [0.1, 0.15) is 55.6 Å². The molecule has 3 aliphatic rings. The molecule has 0 aromatic heterocycles. The van der Waals surface area contributed by atoms with Gasteiger partial charge >= 0.3 is 12.1 Å². The van der Waals surface area contributed by atoms with Gasteiger partial charge in [0.2, 0.25) is 5.91 Å². The molecule has 35 heavy (non-hydrogen) atoms. The van der Waals surface area contributed by atoms with Gasteiger partial charge in [-0.05, 0) is 53.9 Å². The number of fused-ring (bicyclic) bond motifs is 3. The maximum atomic E-state index is 12.6. The predicted molar refractivity (Wildman–Crippen MR) is 131 cm³/mol. The molecule has 2 amide bonds. The summed E-state index contributed by atoms with van der Waals surface area (Å²) in [6.45, 7) is 0.430. The van der Waals surface area contributed by atoms with Gasteiger partial charge in [-0.3, -0.25) is 9.59 Å². The highest BCUT2D eigenvalue weighted by Crippen LogP contribution is 2.44. The van der Waals surface area contributed by atoms with E-state index < -0.39 is 18.0 Å². The van der Waals surface area contributed by atoms with Crippen molar-refractivity contribution in [2.75, 3.05) is 13.2 Å². The molecule has 3 atom stereocenters. The summed E-state index contributed by atoms with van der Waals surface area (Å²) in [5, 5.41) is 15.1. The van der Waals surface area contributed by atoms with Crippen LogP contribution in [-0.4, -0.2) is 42.3 Å². The van der Waals surface area contributed by atoms with E-state index in [1.807, 2.05) is 24.3 Å². The topological polar surface area (TPSA) is 105 Å². The zero-order valence-corrected chi connectivity index (χ0v) is 19.7. The Bertz CT molecular complexity index is 1070. The SMILES string of the molecule is O=C(N[C@H]1CC[C@@H](C(=O)NCC(CC2CC2)C(=O)O)C1)OCC1c2ccccc2-c2ccccc21. The van der Waals surface area contributed by atoms with Crippen LogP contribution >= 0.6 is 0 Å². The van der Waals surface area contributed by atoms with Gasteiger partial charge in [-0.2, -0.15) is 0 Å². The van der Waals surface area contributed by atoms with Crippen LogP contribution in [0.4, 0.5) is 4.79 Å². The number of alkyl carbamates (subject to hydrolysis) is 1. The Balaban J connectivity index is 1.09. The number of carboxylic acids is 1. The zero-order chi connectivity index (χ0) is 24.4. The maximum absolute atomic E-state index is 12.6. The number of amides is 2. The van der Waals surface area contributed by atoms with Crippen LogP contribution in [0.5, 0.6) is 0 Å². The molecule has 1 unspecified atom stereocenters. The third-order valence-electron chi connectivity index (χ3n) is 7.66. The molecule has 0 spiro atoms. The van der Waals surface area contributed by atoms with Crippen molar-refractivity contribution < 1.29 is 24.2 Å². The summed E-state index contributed by atoms with van der Waals surface area (Å²) in [6, 6.07) is 16.3. The molecule has 184 valence electrons. The van der Waals surface area contributed by atoms with E-state index in [4.69, 9.17) is 4.74 Å². The fourth-order valence-corrected chi connectivity index (χ4v) is 5.55. The molecule has 0 saturated heterocycles. The average Bonchev–Trinajstić information content (AvgIpc) is 3.46. The average molecular weight is 477 g/mol. The van der Waals surface area contributed by atoms with Crippen molar-refractivity contribution in [1.29, 1.82) is 0 Å². The lowest BCUT2D eigenvalue weighted by atomic mass is 9.98. The zero-order valence-electron chi connectivity index (χ0n) is 19.7. The summed E-state index contributed by atoms with van der Waals surface area (Å²) >= 11 is 0. The Morgan fingerprint density at radius 2 is 1.60 bits per heavy atom. The van der Waals surface area contributed by atoms with Crippen molar-refractivity contribution in [3.8, 4) is 11.1 Å². The van der Waals surface area contributed by atoms with Crippen LogP contribution in [0.15, 0.2) is 48.5 Å². The monoisotopic (exact) mass is 476 g/mol. The minimum absolute atomic E-state index is 0.00748. The molecule has 0 bridgehead atoms. The van der Waals surface area contributed by atoms with Crippen LogP contribution in [0, 0.1) is 17.8 Å². The van der Waals surface area contributed by atoms with Crippen LogP contribution in [0.2, 0.25) is 0 Å². The van der Waals surface area contributed by atoms with Crippen molar-refractivity contribution in [2.24, 2.45) is 17.8 Å². The van der Waals surface area contributed by atoms with E-state index in [0.717, 1.165) is 12.8 Å². The van der Waals surface area contributed by atoms with E-state index in [0.29, 0.717) is 31.6 Å². The number of carbonyl (C=O) groups is 3. The van der Waals surface area contributed by atoms with Gasteiger partial charge in [0.15, 0.2) is 0 Å². The van der Waals surface area contributed by atoms with E-state index in [-0.39, 0.29) is 36.9 Å². The molecular weight excluding hydrogens is 444 g/mol. The third kappa shape index (κ3) is 5.34.